The van der Waals surface area contributed by atoms with Crippen LogP contribution in [0.4, 0.5) is 17.1 Å². The molecule has 3 rings (SSSR count). The van der Waals surface area contributed by atoms with Crippen molar-refractivity contribution in [3.8, 4) is 5.75 Å². The topological polar surface area (TPSA) is 79.5 Å². The zero-order valence-corrected chi connectivity index (χ0v) is 17.8. The van der Waals surface area contributed by atoms with Gasteiger partial charge in [0.2, 0.25) is 11.8 Å². The molecule has 3 aromatic rings. The van der Waals surface area contributed by atoms with Crippen LogP contribution in [0.25, 0.3) is 0 Å². The summed E-state index contributed by atoms with van der Waals surface area (Å²) in [5.41, 5.74) is 3.09. The van der Waals surface area contributed by atoms with Gasteiger partial charge in [-0.05, 0) is 42.3 Å². The number of rotatable bonds is 11. The van der Waals surface area contributed by atoms with Crippen molar-refractivity contribution in [3.63, 3.8) is 0 Å². The number of aryl methyl sites for hydroxylation is 1. The van der Waals surface area contributed by atoms with Gasteiger partial charge in [-0.1, -0.05) is 61.2 Å². The minimum atomic E-state index is -0.212. The lowest BCUT2D eigenvalue weighted by molar-refractivity contribution is -0.116. The third kappa shape index (κ3) is 7.32. The van der Waals surface area contributed by atoms with E-state index in [0.29, 0.717) is 36.6 Å². The van der Waals surface area contributed by atoms with Crippen molar-refractivity contribution in [1.29, 1.82) is 0 Å². The molecular weight excluding hydrogens is 402 g/mol. The summed E-state index contributed by atoms with van der Waals surface area (Å²) >= 11 is 0. The standard InChI is InChI=1S/C26H27N3O3/c1-2-17-32-24-14-7-6-13-23(24)27-19-26(31)29-22-12-8-11-21(18-22)28-25(30)16-15-20-9-4-3-5-10-20/h2-14,18,27H,1,15-17,19H2,(H,28,30)(H,29,31). The maximum absolute atomic E-state index is 12.4. The van der Waals surface area contributed by atoms with E-state index in [4.69, 9.17) is 4.74 Å². The number of anilines is 3. The van der Waals surface area contributed by atoms with Crippen LogP contribution in [-0.4, -0.2) is 25.0 Å². The first-order chi connectivity index (χ1) is 15.6. The van der Waals surface area contributed by atoms with Gasteiger partial charge in [-0.3, -0.25) is 9.59 Å². The van der Waals surface area contributed by atoms with E-state index >= 15 is 0 Å². The zero-order valence-electron chi connectivity index (χ0n) is 17.8. The van der Waals surface area contributed by atoms with Crippen LogP contribution in [-0.2, 0) is 16.0 Å². The van der Waals surface area contributed by atoms with E-state index in [1.807, 2.05) is 54.6 Å². The fraction of sp³-hybridized carbons (Fsp3) is 0.154. The highest BCUT2D eigenvalue weighted by molar-refractivity contribution is 5.96. The van der Waals surface area contributed by atoms with E-state index in [1.54, 1.807) is 30.3 Å². The quantitative estimate of drug-likeness (QED) is 0.380. The second-order valence-corrected chi connectivity index (χ2v) is 7.11. The van der Waals surface area contributed by atoms with E-state index in [2.05, 4.69) is 22.5 Å². The first kappa shape index (κ1) is 22.6. The van der Waals surface area contributed by atoms with Gasteiger partial charge in [-0.15, -0.1) is 0 Å². The van der Waals surface area contributed by atoms with Crippen LogP contribution < -0.4 is 20.7 Å². The molecule has 0 bridgehead atoms. The smallest absolute Gasteiger partial charge is 0.243 e. The lowest BCUT2D eigenvalue weighted by Crippen LogP contribution is -2.22. The van der Waals surface area contributed by atoms with Crippen LogP contribution in [0.2, 0.25) is 0 Å². The minimum Gasteiger partial charge on any atom is -0.487 e. The van der Waals surface area contributed by atoms with Crippen LogP contribution in [0, 0.1) is 0 Å². The van der Waals surface area contributed by atoms with Gasteiger partial charge in [0.05, 0.1) is 12.2 Å². The molecule has 0 aliphatic carbocycles. The Morgan fingerprint density at radius 1 is 0.844 bits per heavy atom. The highest BCUT2D eigenvalue weighted by Crippen LogP contribution is 2.23. The molecule has 0 unspecified atom stereocenters. The average Bonchev–Trinajstić information content (AvgIpc) is 2.81. The fourth-order valence-corrected chi connectivity index (χ4v) is 3.07. The predicted molar refractivity (Wildman–Crippen MR) is 129 cm³/mol. The summed E-state index contributed by atoms with van der Waals surface area (Å²) in [5, 5.41) is 8.80. The summed E-state index contributed by atoms with van der Waals surface area (Å²) in [6.07, 6.45) is 2.72. The van der Waals surface area contributed by atoms with E-state index in [0.717, 1.165) is 11.3 Å². The molecule has 3 N–H and O–H groups in total. The Morgan fingerprint density at radius 2 is 1.53 bits per heavy atom. The number of hydrogen-bond donors (Lipinski definition) is 3. The van der Waals surface area contributed by atoms with Gasteiger partial charge in [0.15, 0.2) is 0 Å². The number of carbonyl (C=O) groups is 2. The Morgan fingerprint density at radius 3 is 2.28 bits per heavy atom. The van der Waals surface area contributed by atoms with E-state index in [-0.39, 0.29) is 18.4 Å². The number of carbonyl (C=O) groups excluding carboxylic acids is 2. The summed E-state index contributed by atoms with van der Waals surface area (Å²) in [4.78, 5) is 24.6. The molecule has 0 spiro atoms. The van der Waals surface area contributed by atoms with E-state index in [9.17, 15) is 9.59 Å². The third-order valence-corrected chi connectivity index (χ3v) is 4.60. The Bertz CT molecular complexity index is 1050. The SMILES string of the molecule is C=CCOc1ccccc1NCC(=O)Nc1cccc(NC(=O)CCc2ccccc2)c1. The molecule has 0 saturated heterocycles. The molecular formula is C26H27N3O3. The van der Waals surface area contributed by atoms with Crippen LogP contribution in [0.15, 0.2) is 91.5 Å². The van der Waals surface area contributed by atoms with Crippen molar-refractivity contribution in [2.24, 2.45) is 0 Å². The number of ether oxygens (including phenoxy) is 1. The van der Waals surface area contributed by atoms with Crippen LogP contribution in [0.3, 0.4) is 0 Å². The Kier molecular flexibility index (Phi) is 8.45. The summed E-state index contributed by atoms with van der Waals surface area (Å²) in [6.45, 7) is 4.09. The van der Waals surface area contributed by atoms with Crippen molar-refractivity contribution in [2.45, 2.75) is 12.8 Å². The molecule has 164 valence electrons. The molecule has 0 fully saturated rings. The predicted octanol–water partition coefficient (Wildman–Crippen LogP) is 4.87. The van der Waals surface area contributed by atoms with Crippen molar-refractivity contribution >= 4 is 28.9 Å². The Labute approximate surface area is 188 Å². The Hall–Kier alpha value is -4.06. The Balaban J connectivity index is 1.49. The minimum absolute atomic E-state index is 0.0716. The fourth-order valence-electron chi connectivity index (χ4n) is 3.07. The molecule has 6 nitrogen and oxygen atoms in total. The molecule has 0 aliphatic rings. The monoisotopic (exact) mass is 429 g/mol. The van der Waals surface area contributed by atoms with Gasteiger partial charge in [-0.25, -0.2) is 0 Å². The van der Waals surface area contributed by atoms with Gasteiger partial charge in [0.1, 0.15) is 12.4 Å². The van der Waals surface area contributed by atoms with Crippen molar-refractivity contribution in [1.82, 2.24) is 0 Å². The first-order valence-corrected chi connectivity index (χ1v) is 10.4. The lowest BCUT2D eigenvalue weighted by atomic mass is 10.1. The summed E-state index contributed by atoms with van der Waals surface area (Å²) in [5.74, 6) is 0.367. The van der Waals surface area contributed by atoms with E-state index < -0.39 is 0 Å². The second-order valence-electron chi connectivity index (χ2n) is 7.11. The van der Waals surface area contributed by atoms with Crippen molar-refractivity contribution < 1.29 is 14.3 Å². The van der Waals surface area contributed by atoms with Gasteiger partial charge < -0.3 is 20.7 Å². The molecule has 0 heterocycles. The first-order valence-electron chi connectivity index (χ1n) is 10.4. The van der Waals surface area contributed by atoms with Gasteiger partial charge in [-0.2, -0.15) is 0 Å². The molecule has 0 aliphatic heterocycles. The zero-order chi connectivity index (χ0) is 22.6. The van der Waals surface area contributed by atoms with Gasteiger partial charge in [0.25, 0.3) is 0 Å². The maximum Gasteiger partial charge on any atom is 0.243 e. The summed E-state index contributed by atoms with van der Waals surface area (Å²) < 4.78 is 5.59. The van der Waals surface area contributed by atoms with Gasteiger partial charge >= 0.3 is 0 Å². The number of amides is 2. The van der Waals surface area contributed by atoms with Crippen molar-refractivity contribution in [2.75, 3.05) is 29.1 Å². The number of hydrogen-bond acceptors (Lipinski definition) is 4. The maximum atomic E-state index is 12.4. The molecule has 2 amide bonds. The highest BCUT2D eigenvalue weighted by atomic mass is 16.5. The van der Waals surface area contributed by atoms with Crippen LogP contribution in [0.5, 0.6) is 5.75 Å². The largest absolute Gasteiger partial charge is 0.487 e. The van der Waals surface area contributed by atoms with E-state index in [1.165, 1.54) is 0 Å². The molecule has 3 aromatic carbocycles. The molecule has 0 radical (unpaired) electrons. The molecule has 0 atom stereocenters. The number of benzene rings is 3. The number of nitrogens with one attached hydrogen (secondary N) is 3. The lowest BCUT2D eigenvalue weighted by Gasteiger charge is -2.13. The number of para-hydroxylation sites is 2. The molecule has 6 heteroatoms. The van der Waals surface area contributed by atoms with Gasteiger partial charge in [0, 0.05) is 17.8 Å². The summed E-state index contributed by atoms with van der Waals surface area (Å²) in [6, 6.07) is 24.4. The van der Waals surface area contributed by atoms with Crippen molar-refractivity contribution in [3.05, 3.63) is 97.1 Å². The highest BCUT2D eigenvalue weighted by Gasteiger charge is 2.08. The average molecular weight is 430 g/mol. The molecule has 32 heavy (non-hydrogen) atoms. The molecule has 0 aromatic heterocycles. The molecule has 0 saturated carbocycles. The van der Waals surface area contributed by atoms with Crippen LogP contribution in [0.1, 0.15) is 12.0 Å². The van der Waals surface area contributed by atoms with Crippen LogP contribution >= 0.6 is 0 Å². The normalized spacial score (nSPS) is 10.1. The summed E-state index contributed by atoms with van der Waals surface area (Å²) in [7, 11) is 0. The second kappa shape index (κ2) is 12.0. The third-order valence-electron chi connectivity index (χ3n) is 4.60.